The van der Waals surface area contributed by atoms with Crippen molar-refractivity contribution < 1.29 is 5.11 Å². The van der Waals surface area contributed by atoms with Gasteiger partial charge in [-0.05, 0) is 36.2 Å². The van der Waals surface area contributed by atoms with Crippen LogP contribution in [0.25, 0.3) is 0 Å². The maximum Gasteiger partial charge on any atom is 0.160 e. The van der Waals surface area contributed by atoms with Crippen LogP contribution in [-0.2, 0) is 0 Å². The van der Waals surface area contributed by atoms with Crippen LogP contribution in [0.5, 0.6) is 5.75 Å². The van der Waals surface area contributed by atoms with Crippen LogP contribution < -0.4 is 0 Å². The van der Waals surface area contributed by atoms with Gasteiger partial charge in [-0.25, -0.2) is 0 Å². The molecule has 4 nitrogen and oxygen atoms in total. The van der Waals surface area contributed by atoms with E-state index in [1.807, 2.05) is 48.3 Å². The molecule has 3 heterocycles. The summed E-state index contributed by atoms with van der Waals surface area (Å²) >= 11 is 7.99. The molecule has 0 spiro atoms. The van der Waals surface area contributed by atoms with Gasteiger partial charge in [-0.1, -0.05) is 42.4 Å². The Hall–Kier alpha value is -1.72. The van der Waals surface area contributed by atoms with Crippen LogP contribution in [-0.4, -0.2) is 32.0 Å². The lowest BCUT2D eigenvalue weighted by atomic mass is 9.95. The zero-order valence-corrected chi connectivity index (χ0v) is 14.8. The number of aliphatic imine (C=N–C) groups is 1. The topological polar surface area (TPSA) is 48.7 Å². The fourth-order valence-corrected chi connectivity index (χ4v) is 4.94. The van der Waals surface area contributed by atoms with Crippen molar-refractivity contribution >= 4 is 28.5 Å². The van der Waals surface area contributed by atoms with E-state index < -0.39 is 0 Å². The molecule has 0 unspecified atom stereocenters. The molecule has 1 saturated heterocycles. The number of aromatic nitrogens is 1. The third kappa shape index (κ3) is 2.56. The van der Waals surface area contributed by atoms with Crippen LogP contribution in [0.3, 0.4) is 0 Å². The Bertz CT molecular complexity index is 783. The Kier molecular flexibility index (Phi) is 4.14. The minimum Gasteiger partial charge on any atom is -0.506 e. The van der Waals surface area contributed by atoms with E-state index in [1.54, 1.807) is 6.07 Å². The second kappa shape index (κ2) is 6.30. The number of thioether (sulfide) groups is 1. The van der Waals surface area contributed by atoms with Crippen LogP contribution >= 0.6 is 23.4 Å². The number of phenols is 1. The lowest BCUT2D eigenvalue weighted by Crippen LogP contribution is -2.35. The first-order valence-electron chi connectivity index (χ1n) is 8.07. The molecule has 3 atom stereocenters. The van der Waals surface area contributed by atoms with Crippen molar-refractivity contribution in [2.24, 2.45) is 4.99 Å². The largest absolute Gasteiger partial charge is 0.506 e. The molecule has 0 saturated carbocycles. The van der Waals surface area contributed by atoms with Crippen LogP contribution in [0.1, 0.15) is 36.7 Å². The number of phenolic OH excluding ortho intramolecular Hbond substituents is 1. The predicted octanol–water partition coefficient (Wildman–Crippen LogP) is 4.42. The first-order valence-corrected chi connectivity index (χ1v) is 9.43. The highest BCUT2D eigenvalue weighted by atomic mass is 35.5. The Labute approximate surface area is 150 Å². The molecule has 2 aromatic rings. The molecule has 1 N–H and O–H groups in total. The van der Waals surface area contributed by atoms with Crippen molar-refractivity contribution in [3.05, 3.63) is 58.9 Å². The number of fused-ring (bicyclic) bond motifs is 1. The Balaban J connectivity index is 1.80. The van der Waals surface area contributed by atoms with Crippen molar-refractivity contribution in [1.29, 1.82) is 0 Å². The lowest BCUT2D eigenvalue weighted by Gasteiger charge is -2.32. The summed E-state index contributed by atoms with van der Waals surface area (Å²) in [6.45, 7) is 2.21. The molecule has 6 heteroatoms. The highest BCUT2D eigenvalue weighted by molar-refractivity contribution is 8.14. The summed E-state index contributed by atoms with van der Waals surface area (Å²) in [5.41, 5.74) is 2.03. The minimum atomic E-state index is -0.0522. The van der Waals surface area contributed by atoms with Gasteiger partial charge in [0.15, 0.2) is 5.17 Å². The highest BCUT2D eigenvalue weighted by Crippen LogP contribution is 2.49. The Morgan fingerprint density at radius 3 is 2.92 bits per heavy atom. The Morgan fingerprint density at radius 1 is 1.33 bits per heavy atom. The molecule has 1 aromatic heterocycles. The molecule has 1 fully saturated rings. The number of pyridine rings is 1. The molecule has 0 amide bonds. The first kappa shape index (κ1) is 15.8. The van der Waals surface area contributed by atoms with E-state index >= 15 is 0 Å². The van der Waals surface area contributed by atoms with E-state index in [2.05, 4.69) is 16.8 Å². The second-order valence-electron chi connectivity index (χ2n) is 6.05. The molecule has 2 aliphatic rings. The third-order valence-electron chi connectivity index (χ3n) is 4.64. The summed E-state index contributed by atoms with van der Waals surface area (Å²) in [6.07, 6.45) is 2.88. The number of nitrogens with zero attached hydrogens (tertiary/aromatic N) is 3. The predicted molar refractivity (Wildman–Crippen MR) is 98.6 cm³/mol. The van der Waals surface area contributed by atoms with Crippen molar-refractivity contribution in [2.75, 3.05) is 5.75 Å². The number of hydrogen-bond acceptors (Lipinski definition) is 5. The van der Waals surface area contributed by atoms with Crippen molar-refractivity contribution in [2.45, 2.75) is 31.5 Å². The average molecular weight is 360 g/mol. The van der Waals surface area contributed by atoms with Gasteiger partial charge in [-0.2, -0.15) is 0 Å². The molecule has 1 aromatic carbocycles. The second-order valence-corrected chi connectivity index (χ2v) is 7.44. The number of aromatic hydroxyl groups is 1. The number of hydrogen-bond donors (Lipinski definition) is 1. The number of benzene rings is 1. The zero-order valence-electron chi connectivity index (χ0n) is 13.3. The van der Waals surface area contributed by atoms with Crippen molar-refractivity contribution in [3.63, 3.8) is 0 Å². The van der Waals surface area contributed by atoms with E-state index in [0.717, 1.165) is 28.6 Å². The zero-order chi connectivity index (χ0) is 16.7. The average Bonchev–Trinajstić information content (AvgIpc) is 3.17. The number of amidine groups is 1. The van der Waals surface area contributed by atoms with Gasteiger partial charge in [0.2, 0.25) is 0 Å². The van der Waals surface area contributed by atoms with Gasteiger partial charge in [-0.15, -0.1) is 0 Å². The van der Waals surface area contributed by atoms with Gasteiger partial charge in [0.1, 0.15) is 11.8 Å². The normalized spacial score (nSPS) is 25.7. The van der Waals surface area contributed by atoms with Crippen LogP contribution in [0.4, 0.5) is 0 Å². The Morgan fingerprint density at radius 2 is 2.21 bits per heavy atom. The van der Waals surface area contributed by atoms with Gasteiger partial charge in [0.25, 0.3) is 0 Å². The third-order valence-corrected chi connectivity index (χ3v) is 6.07. The molecule has 2 aliphatic heterocycles. The van der Waals surface area contributed by atoms with Gasteiger partial charge in [0, 0.05) is 18.0 Å². The lowest BCUT2D eigenvalue weighted by molar-refractivity contribution is 0.255. The molecule has 24 heavy (non-hydrogen) atoms. The van der Waals surface area contributed by atoms with Gasteiger partial charge < -0.3 is 10.0 Å². The summed E-state index contributed by atoms with van der Waals surface area (Å²) < 4.78 is 0. The van der Waals surface area contributed by atoms with Gasteiger partial charge in [0.05, 0.1) is 16.8 Å². The summed E-state index contributed by atoms with van der Waals surface area (Å²) in [5, 5.41) is 11.2. The molecule has 0 radical (unpaired) electrons. The molecular weight excluding hydrogens is 342 g/mol. The standard InChI is InChI=1S/C18H18ClN3OS/c1-2-12-10-24-18-21-16(14-5-3-4-8-20-14)17(22(12)18)11-6-7-15(23)13(19)9-11/h3-9,12,16-17,23H,2,10H2,1H3/t12-,16-,17-/m1/s1. The monoisotopic (exact) mass is 359 g/mol. The summed E-state index contributed by atoms with van der Waals surface area (Å²) in [6, 6.07) is 11.9. The summed E-state index contributed by atoms with van der Waals surface area (Å²) in [7, 11) is 0. The quantitative estimate of drug-likeness (QED) is 0.881. The van der Waals surface area contributed by atoms with E-state index in [9.17, 15) is 5.11 Å². The van der Waals surface area contributed by atoms with Gasteiger partial charge >= 0.3 is 0 Å². The number of halogens is 1. The first-order chi connectivity index (χ1) is 11.7. The maximum atomic E-state index is 9.76. The van der Waals surface area contributed by atoms with Crippen LogP contribution in [0.2, 0.25) is 5.02 Å². The van der Waals surface area contributed by atoms with E-state index in [-0.39, 0.29) is 17.8 Å². The fourth-order valence-electron chi connectivity index (χ4n) is 3.42. The number of rotatable bonds is 3. The van der Waals surface area contributed by atoms with E-state index in [1.165, 1.54) is 0 Å². The van der Waals surface area contributed by atoms with E-state index in [4.69, 9.17) is 16.6 Å². The smallest absolute Gasteiger partial charge is 0.160 e. The van der Waals surface area contributed by atoms with Crippen LogP contribution in [0.15, 0.2) is 47.6 Å². The summed E-state index contributed by atoms with van der Waals surface area (Å²) in [4.78, 5) is 11.9. The molecular formula is C18H18ClN3OS. The summed E-state index contributed by atoms with van der Waals surface area (Å²) in [5.74, 6) is 1.17. The van der Waals surface area contributed by atoms with Crippen molar-refractivity contribution in [1.82, 2.24) is 9.88 Å². The minimum absolute atomic E-state index is 0.0522. The fraction of sp³-hybridized carbons (Fsp3) is 0.333. The molecule has 4 rings (SSSR count). The maximum absolute atomic E-state index is 9.76. The SMILES string of the molecule is CC[C@@H]1CSC2=N[C@H](c3ccccn3)[C@@H](c3ccc(O)c(Cl)c3)N21. The molecule has 124 valence electrons. The molecule has 0 bridgehead atoms. The van der Waals surface area contributed by atoms with E-state index in [0.29, 0.717) is 11.1 Å². The van der Waals surface area contributed by atoms with Gasteiger partial charge in [-0.3, -0.25) is 9.98 Å². The highest BCUT2D eigenvalue weighted by Gasteiger charge is 2.45. The van der Waals surface area contributed by atoms with Crippen molar-refractivity contribution in [3.8, 4) is 5.75 Å². The van der Waals surface area contributed by atoms with Crippen LogP contribution in [0, 0.1) is 0 Å². The molecule has 0 aliphatic carbocycles.